The average Bonchev–Trinajstić information content (AvgIpc) is 2.96. The molecule has 1 aromatic carbocycles. The highest BCUT2D eigenvalue weighted by Crippen LogP contribution is 2.20. The Morgan fingerprint density at radius 1 is 1.35 bits per heavy atom. The Morgan fingerprint density at radius 3 is 2.95 bits per heavy atom. The molecule has 0 aliphatic rings. The van der Waals surface area contributed by atoms with Crippen LogP contribution in [0.1, 0.15) is 37.8 Å². The number of halogens is 1. The van der Waals surface area contributed by atoms with Crippen LogP contribution in [0.25, 0.3) is 0 Å². The Labute approximate surface area is 126 Å². The molecule has 0 radical (unpaired) electrons. The maximum absolute atomic E-state index is 6.05. The van der Waals surface area contributed by atoms with Gasteiger partial charge in [-0.15, -0.1) is 0 Å². The quantitative estimate of drug-likeness (QED) is 0.743. The highest BCUT2D eigenvalue weighted by atomic mass is 35.5. The van der Waals surface area contributed by atoms with E-state index in [2.05, 4.69) is 27.9 Å². The molecule has 1 heterocycles. The van der Waals surface area contributed by atoms with Crippen molar-refractivity contribution >= 4 is 11.6 Å². The molecule has 0 spiro atoms. The minimum atomic E-state index is 0.391. The Bertz CT molecular complexity index is 496. The molecular formula is C16H22ClN3. The molecule has 0 fully saturated rings. The lowest BCUT2D eigenvalue weighted by molar-refractivity contribution is 0.490. The SMILES string of the molecule is CCC(NCCCCn1ccnc1)c1cccc(Cl)c1. The molecule has 0 saturated carbocycles. The average molecular weight is 292 g/mol. The Kier molecular flexibility index (Phi) is 6.09. The van der Waals surface area contributed by atoms with Gasteiger partial charge in [-0.2, -0.15) is 0 Å². The highest BCUT2D eigenvalue weighted by molar-refractivity contribution is 6.30. The van der Waals surface area contributed by atoms with Gasteiger partial charge in [0, 0.05) is 30.0 Å². The van der Waals surface area contributed by atoms with Gasteiger partial charge in [-0.3, -0.25) is 0 Å². The second kappa shape index (κ2) is 8.08. The van der Waals surface area contributed by atoms with E-state index in [1.165, 1.54) is 5.56 Å². The van der Waals surface area contributed by atoms with Gasteiger partial charge >= 0.3 is 0 Å². The van der Waals surface area contributed by atoms with Crippen molar-refractivity contribution < 1.29 is 0 Å². The van der Waals surface area contributed by atoms with E-state index < -0.39 is 0 Å². The second-order valence-electron chi connectivity index (χ2n) is 4.98. The molecule has 108 valence electrons. The van der Waals surface area contributed by atoms with Gasteiger partial charge in [0.05, 0.1) is 6.33 Å². The fraction of sp³-hybridized carbons (Fsp3) is 0.438. The van der Waals surface area contributed by atoms with Gasteiger partial charge < -0.3 is 9.88 Å². The summed E-state index contributed by atoms with van der Waals surface area (Å²) in [5, 5.41) is 4.42. The Morgan fingerprint density at radius 2 is 2.25 bits per heavy atom. The highest BCUT2D eigenvalue weighted by Gasteiger charge is 2.08. The van der Waals surface area contributed by atoms with Crippen molar-refractivity contribution in [1.29, 1.82) is 0 Å². The van der Waals surface area contributed by atoms with E-state index in [4.69, 9.17) is 11.6 Å². The standard InChI is InChI=1S/C16H22ClN3/c1-2-16(14-6-5-7-15(17)12-14)19-8-3-4-10-20-11-9-18-13-20/h5-7,9,11-13,16,19H,2-4,8,10H2,1H3. The normalized spacial score (nSPS) is 12.5. The van der Waals surface area contributed by atoms with Crippen molar-refractivity contribution in [2.24, 2.45) is 0 Å². The van der Waals surface area contributed by atoms with Crippen LogP contribution >= 0.6 is 11.6 Å². The molecule has 0 saturated heterocycles. The van der Waals surface area contributed by atoms with Gasteiger partial charge in [0.15, 0.2) is 0 Å². The topological polar surface area (TPSA) is 29.9 Å². The van der Waals surface area contributed by atoms with Crippen molar-refractivity contribution in [2.45, 2.75) is 38.8 Å². The summed E-state index contributed by atoms with van der Waals surface area (Å²) in [5.74, 6) is 0. The lowest BCUT2D eigenvalue weighted by atomic mass is 10.0. The first kappa shape index (κ1) is 15.1. The monoisotopic (exact) mass is 291 g/mol. The van der Waals surface area contributed by atoms with Gasteiger partial charge in [-0.05, 0) is 43.5 Å². The van der Waals surface area contributed by atoms with Crippen LogP contribution in [-0.2, 0) is 6.54 Å². The zero-order valence-electron chi connectivity index (χ0n) is 11.9. The minimum absolute atomic E-state index is 0.391. The van der Waals surface area contributed by atoms with E-state index in [0.717, 1.165) is 37.4 Å². The number of imidazole rings is 1. The van der Waals surface area contributed by atoms with Gasteiger partial charge in [0.1, 0.15) is 0 Å². The van der Waals surface area contributed by atoms with Crippen LogP contribution < -0.4 is 5.32 Å². The van der Waals surface area contributed by atoms with Crippen LogP contribution in [0.15, 0.2) is 43.0 Å². The van der Waals surface area contributed by atoms with Crippen molar-refractivity contribution in [3.05, 3.63) is 53.6 Å². The number of hydrogen-bond donors (Lipinski definition) is 1. The Hall–Kier alpha value is -1.32. The molecule has 1 atom stereocenters. The fourth-order valence-electron chi connectivity index (χ4n) is 2.34. The first-order valence-electron chi connectivity index (χ1n) is 7.24. The molecule has 1 N–H and O–H groups in total. The molecule has 0 bridgehead atoms. The maximum Gasteiger partial charge on any atom is 0.0945 e. The van der Waals surface area contributed by atoms with E-state index in [-0.39, 0.29) is 0 Å². The molecule has 2 aromatic rings. The summed E-state index contributed by atoms with van der Waals surface area (Å²) < 4.78 is 2.12. The van der Waals surface area contributed by atoms with Crippen molar-refractivity contribution in [3.63, 3.8) is 0 Å². The van der Waals surface area contributed by atoms with Gasteiger partial charge in [-0.1, -0.05) is 30.7 Å². The zero-order chi connectivity index (χ0) is 14.2. The predicted octanol–water partition coefficient (Wildman–Crippen LogP) is 4.06. The number of benzene rings is 1. The van der Waals surface area contributed by atoms with E-state index in [9.17, 15) is 0 Å². The molecule has 0 amide bonds. The van der Waals surface area contributed by atoms with Crippen LogP contribution in [0, 0.1) is 0 Å². The van der Waals surface area contributed by atoms with Crippen molar-refractivity contribution in [1.82, 2.24) is 14.9 Å². The van der Waals surface area contributed by atoms with Crippen LogP contribution in [0.4, 0.5) is 0 Å². The number of hydrogen-bond acceptors (Lipinski definition) is 2. The van der Waals surface area contributed by atoms with Crippen LogP contribution in [-0.4, -0.2) is 16.1 Å². The summed E-state index contributed by atoms with van der Waals surface area (Å²) in [6.07, 6.45) is 9.10. The number of aromatic nitrogens is 2. The van der Waals surface area contributed by atoms with Crippen LogP contribution in [0.5, 0.6) is 0 Å². The molecule has 2 rings (SSSR count). The summed E-state index contributed by atoms with van der Waals surface area (Å²) in [6.45, 7) is 4.26. The molecule has 1 aromatic heterocycles. The molecule has 4 heteroatoms. The third-order valence-corrected chi connectivity index (χ3v) is 3.69. The third kappa shape index (κ3) is 4.66. The Balaban J connectivity index is 1.71. The first-order chi connectivity index (χ1) is 9.79. The lowest BCUT2D eigenvalue weighted by Gasteiger charge is -2.17. The number of nitrogens with zero attached hydrogens (tertiary/aromatic N) is 2. The van der Waals surface area contributed by atoms with Gasteiger partial charge in [-0.25, -0.2) is 4.98 Å². The first-order valence-corrected chi connectivity index (χ1v) is 7.62. The van der Waals surface area contributed by atoms with E-state index in [1.54, 1.807) is 0 Å². The summed E-state index contributed by atoms with van der Waals surface area (Å²) in [6, 6.07) is 8.51. The van der Waals surface area contributed by atoms with Gasteiger partial charge in [0.25, 0.3) is 0 Å². The minimum Gasteiger partial charge on any atom is -0.337 e. The molecule has 3 nitrogen and oxygen atoms in total. The summed E-state index contributed by atoms with van der Waals surface area (Å²) in [4.78, 5) is 4.05. The van der Waals surface area contributed by atoms with E-state index in [1.807, 2.05) is 36.9 Å². The molecule has 20 heavy (non-hydrogen) atoms. The summed E-state index contributed by atoms with van der Waals surface area (Å²) >= 11 is 6.05. The van der Waals surface area contributed by atoms with E-state index >= 15 is 0 Å². The molecular weight excluding hydrogens is 270 g/mol. The third-order valence-electron chi connectivity index (χ3n) is 3.45. The number of rotatable bonds is 8. The van der Waals surface area contributed by atoms with Gasteiger partial charge in [0.2, 0.25) is 0 Å². The zero-order valence-corrected chi connectivity index (χ0v) is 12.7. The number of unbranched alkanes of at least 4 members (excludes halogenated alkanes) is 1. The van der Waals surface area contributed by atoms with Crippen LogP contribution in [0.3, 0.4) is 0 Å². The second-order valence-corrected chi connectivity index (χ2v) is 5.41. The number of aryl methyl sites for hydroxylation is 1. The smallest absolute Gasteiger partial charge is 0.0945 e. The lowest BCUT2D eigenvalue weighted by Crippen LogP contribution is -2.22. The van der Waals surface area contributed by atoms with Crippen molar-refractivity contribution in [3.8, 4) is 0 Å². The molecule has 1 unspecified atom stereocenters. The van der Waals surface area contributed by atoms with Crippen LogP contribution in [0.2, 0.25) is 5.02 Å². The predicted molar refractivity (Wildman–Crippen MR) is 83.9 cm³/mol. The van der Waals surface area contributed by atoms with Crippen molar-refractivity contribution in [2.75, 3.05) is 6.54 Å². The fourth-order valence-corrected chi connectivity index (χ4v) is 2.53. The largest absolute Gasteiger partial charge is 0.337 e. The molecule has 0 aliphatic heterocycles. The summed E-state index contributed by atoms with van der Waals surface area (Å²) in [7, 11) is 0. The van der Waals surface area contributed by atoms with E-state index in [0.29, 0.717) is 6.04 Å². The molecule has 0 aliphatic carbocycles. The summed E-state index contributed by atoms with van der Waals surface area (Å²) in [5.41, 5.74) is 1.27. The number of nitrogens with one attached hydrogen (secondary N) is 1. The maximum atomic E-state index is 6.05.